The third kappa shape index (κ3) is 7.50. The first-order chi connectivity index (χ1) is 14.3. The Kier molecular flexibility index (Phi) is 12.5. The monoisotopic (exact) mass is 583 g/mol. The predicted octanol–water partition coefficient (Wildman–Crippen LogP) is -4.36. The smallest absolute Gasteiger partial charge is 0.744 e. The third-order valence-corrected chi connectivity index (χ3v) is 5.78. The SMILES string of the molecule is CC1=NN(c2cccc(S(=O)(=O)[O-])c2)C(=O)/C1=N\[N-]c1cc(Cl)cc(S(=O)(=O)[O-])c1O.[Cr].[Na+].[Na+]. The number of amides is 1. The van der Waals surface area contributed by atoms with E-state index in [4.69, 9.17) is 11.6 Å². The number of rotatable bonds is 5. The minimum absolute atomic E-state index is 0. The van der Waals surface area contributed by atoms with E-state index in [1.165, 1.54) is 19.1 Å². The number of carbonyl (C=O) groups excluding carboxylic acids is 1. The molecule has 0 unspecified atom stereocenters. The van der Waals surface area contributed by atoms with E-state index in [0.29, 0.717) is 0 Å². The Morgan fingerprint density at radius 2 is 1.71 bits per heavy atom. The molecule has 0 saturated heterocycles. The maximum Gasteiger partial charge on any atom is 1.00 e. The van der Waals surface area contributed by atoms with Gasteiger partial charge in [-0.1, -0.05) is 29.4 Å². The fourth-order valence-corrected chi connectivity index (χ4v) is 3.89. The zero-order chi connectivity index (χ0) is 23.1. The number of anilines is 1. The van der Waals surface area contributed by atoms with E-state index in [0.717, 1.165) is 29.3 Å². The van der Waals surface area contributed by atoms with Crippen LogP contribution in [0.1, 0.15) is 6.92 Å². The summed E-state index contributed by atoms with van der Waals surface area (Å²) >= 11 is 5.74. The summed E-state index contributed by atoms with van der Waals surface area (Å²) in [5.74, 6) is -1.85. The standard InChI is InChI=1S/C16H13ClN4O8S2.Cr.2Na/c1-8-14(19-18-12-5-9(17)6-13(15(12)22)31(27,28)29)16(23)21(20-8)10-3-2-4-11(7-10)30(24,25)26;;;/h2-7H,1H3,(H4,18,19,20,22,23,24,25,26,27,28,29);;;/q;;2*+1/p-3. The van der Waals surface area contributed by atoms with Gasteiger partial charge in [-0.2, -0.15) is 10.1 Å². The summed E-state index contributed by atoms with van der Waals surface area (Å²) in [6, 6.07) is 6.33. The molecule has 3 rings (SSSR count). The second-order valence-corrected chi connectivity index (χ2v) is 9.19. The van der Waals surface area contributed by atoms with Gasteiger partial charge in [0.05, 0.1) is 21.2 Å². The van der Waals surface area contributed by atoms with Crippen LogP contribution in [0.4, 0.5) is 11.4 Å². The number of carbonyl (C=O) groups is 1. The Hall–Kier alpha value is -0.508. The van der Waals surface area contributed by atoms with Gasteiger partial charge in [0.2, 0.25) is 0 Å². The molecule has 0 radical (unpaired) electrons. The van der Waals surface area contributed by atoms with E-state index in [9.17, 15) is 35.8 Å². The molecule has 1 N–H and O–H groups in total. The molecule has 2 aromatic rings. The van der Waals surface area contributed by atoms with Gasteiger partial charge in [-0.25, -0.2) is 16.8 Å². The average Bonchev–Trinajstić information content (AvgIpc) is 2.94. The number of aromatic hydroxyl groups is 1. The normalized spacial score (nSPS) is 14.6. The van der Waals surface area contributed by atoms with Crippen molar-refractivity contribution < 1.29 is 112 Å². The van der Waals surface area contributed by atoms with E-state index in [-0.39, 0.29) is 98.6 Å². The van der Waals surface area contributed by atoms with Crippen LogP contribution < -0.4 is 64.1 Å². The van der Waals surface area contributed by atoms with Crippen LogP contribution in [0.3, 0.4) is 0 Å². The molecule has 0 spiro atoms. The summed E-state index contributed by atoms with van der Waals surface area (Å²) in [5, 5.41) is 18.1. The molecule has 0 aliphatic carbocycles. The van der Waals surface area contributed by atoms with Crippen molar-refractivity contribution >= 4 is 60.5 Å². The molecule has 170 valence electrons. The van der Waals surface area contributed by atoms with Gasteiger partial charge in [-0.05, 0) is 31.2 Å². The van der Waals surface area contributed by atoms with Crippen molar-refractivity contribution in [1.29, 1.82) is 0 Å². The fourth-order valence-electron chi connectivity index (χ4n) is 2.49. The van der Waals surface area contributed by atoms with Crippen molar-refractivity contribution in [3.05, 3.63) is 46.8 Å². The summed E-state index contributed by atoms with van der Waals surface area (Å²) in [6.45, 7) is 1.38. The zero-order valence-electron chi connectivity index (χ0n) is 17.7. The van der Waals surface area contributed by atoms with Gasteiger partial charge in [0.15, 0.2) is 0 Å². The van der Waals surface area contributed by atoms with Gasteiger partial charge in [-0.15, -0.1) is 0 Å². The molecule has 0 aromatic heterocycles. The van der Waals surface area contributed by atoms with E-state index < -0.39 is 47.4 Å². The number of phenolic OH excluding ortho intramolecular Hbond substituents is 1. The van der Waals surface area contributed by atoms with Gasteiger partial charge < -0.3 is 24.7 Å². The van der Waals surface area contributed by atoms with E-state index in [1.54, 1.807) is 0 Å². The molecule has 1 heterocycles. The number of hydrazone groups is 1. The molecule has 12 nitrogen and oxygen atoms in total. The number of nitrogens with zero attached hydrogens (tertiary/aromatic N) is 4. The van der Waals surface area contributed by atoms with E-state index in [2.05, 4.69) is 15.6 Å². The summed E-state index contributed by atoms with van der Waals surface area (Å²) in [7, 11) is -9.84. The molecule has 1 aliphatic rings. The van der Waals surface area contributed by atoms with E-state index in [1.807, 2.05) is 0 Å². The Bertz CT molecular complexity index is 1390. The van der Waals surface area contributed by atoms with Crippen LogP contribution in [0.2, 0.25) is 5.02 Å². The molecule has 2 aromatic carbocycles. The van der Waals surface area contributed by atoms with Gasteiger partial charge >= 0.3 is 59.1 Å². The maximum atomic E-state index is 12.6. The minimum atomic E-state index is -5.06. The zero-order valence-corrected chi connectivity index (χ0v) is 25.3. The molecule has 0 bridgehead atoms. The van der Waals surface area contributed by atoms with Crippen LogP contribution in [0, 0.1) is 0 Å². The first kappa shape index (κ1) is 33.5. The summed E-state index contributed by atoms with van der Waals surface area (Å²) in [6.07, 6.45) is 0. The van der Waals surface area contributed by atoms with Gasteiger partial charge in [0.1, 0.15) is 31.7 Å². The molecular weight excluding hydrogens is 574 g/mol. The number of phenols is 1. The van der Waals surface area contributed by atoms with Gasteiger partial charge in [-0.3, -0.25) is 4.79 Å². The van der Waals surface area contributed by atoms with E-state index >= 15 is 0 Å². The Balaban J connectivity index is 0.00000363. The quantitative estimate of drug-likeness (QED) is 0.207. The second-order valence-electron chi connectivity index (χ2n) is 6.03. The van der Waals surface area contributed by atoms with Crippen LogP contribution in [-0.4, -0.2) is 48.4 Å². The average molecular weight is 584 g/mol. The summed E-state index contributed by atoms with van der Waals surface area (Å²) < 4.78 is 67.3. The molecular formula is C16H10ClCrN4Na2O8S2-. The van der Waals surface area contributed by atoms with Crippen molar-refractivity contribution in [3.8, 4) is 5.75 Å². The van der Waals surface area contributed by atoms with Crippen molar-refractivity contribution in [3.63, 3.8) is 0 Å². The molecule has 18 heteroatoms. The number of hydrogen-bond donors (Lipinski definition) is 1. The molecule has 1 amide bonds. The van der Waals surface area contributed by atoms with Crippen molar-refractivity contribution in [2.75, 3.05) is 5.01 Å². The predicted molar refractivity (Wildman–Crippen MR) is 107 cm³/mol. The largest absolute Gasteiger partial charge is 1.00 e. The minimum Gasteiger partial charge on any atom is -0.744 e. The molecule has 0 atom stereocenters. The number of halogens is 1. The topological polar surface area (TPSA) is 194 Å². The summed E-state index contributed by atoms with van der Waals surface area (Å²) in [5.41, 5.74) is 2.77. The third-order valence-electron chi connectivity index (χ3n) is 3.89. The molecule has 0 fully saturated rings. The van der Waals surface area contributed by atoms with Crippen molar-refractivity contribution in [2.24, 2.45) is 10.2 Å². The van der Waals surface area contributed by atoms with Crippen LogP contribution >= 0.6 is 11.6 Å². The fraction of sp³-hybridized carbons (Fsp3) is 0.0625. The van der Waals surface area contributed by atoms with Crippen LogP contribution in [0.15, 0.2) is 56.4 Å². The van der Waals surface area contributed by atoms with Crippen LogP contribution in [0.5, 0.6) is 5.75 Å². The molecule has 34 heavy (non-hydrogen) atoms. The van der Waals surface area contributed by atoms with Crippen molar-refractivity contribution in [1.82, 2.24) is 0 Å². The molecule has 0 saturated carbocycles. The first-order valence-corrected chi connectivity index (χ1v) is 11.2. The molecule has 1 aliphatic heterocycles. The number of hydrogen-bond acceptors (Lipinski definition) is 10. The summed E-state index contributed by atoms with van der Waals surface area (Å²) in [4.78, 5) is 11.0. The van der Waals surface area contributed by atoms with Gasteiger partial charge in [0.25, 0.3) is 5.91 Å². The maximum absolute atomic E-state index is 12.6. The van der Waals surface area contributed by atoms with Gasteiger partial charge in [0, 0.05) is 22.4 Å². The first-order valence-electron chi connectivity index (χ1n) is 8.02. The Morgan fingerprint density at radius 3 is 2.26 bits per heavy atom. The van der Waals surface area contributed by atoms with Crippen LogP contribution in [-0.2, 0) is 42.4 Å². The Labute approximate surface area is 254 Å². The number of benzene rings is 2. The van der Waals surface area contributed by atoms with Crippen LogP contribution in [0.25, 0.3) is 5.43 Å². The van der Waals surface area contributed by atoms with Crippen molar-refractivity contribution in [2.45, 2.75) is 16.7 Å². The Morgan fingerprint density at radius 1 is 1.09 bits per heavy atom. The second kappa shape index (κ2) is 12.6.